The molecule has 3 aromatic heterocycles. The van der Waals surface area contributed by atoms with Crippen LogP contribution in [0, 0.1) is 0 Å². The summed E-state index contributed by atoms with van der Waals surface area (Å²) in [6.07, 6.45) is 1.63. The fourth-order valence-electron chi connectivity index (χ4n) is 2.28. The second kappa shape index (κ2) is 9.29. The second-order valence-corrected chi connectivity index (χ2v) is 8.14. The zero-order chi connectivity index (χ0) is 19.2. The average molecular weight is 425 g/mol. The van der Waals surface area contributed by atoms with E-state index in [0.29, 0.717) is 34.9 Å². The Labute approximate surface area is 169 Å². The number of aromatic nitrogens is 4. The Morgan fingerprint density at radius 3 is 2.70 bits per heavy atom. The van der Waals surface area contributed by atoms with Gasteiger partial charge in [-0.3, -0.25) is 4.79 Å². The molecular weight excluding hydrogens is 404 g/mol. The van der Waals surface area contributed by atoms with Gasteiger partial charge < -0.3 is 15.2 Å². The van der Waals surface area contributed by atoms with Crippen LogP contribution in [0.15, 0.2) is 38.5 Å². The quantitative estimate of drug-likeness (QED) is 0.413. The highest BCUT2D eigenvalue weighted by atomic mass is 32.2. The Bertz CT molecular complexity index is 873. The summed E-state index contributed by atoms with van der Waals surface area (Å²) >= 11 is 4.27. The highest BCUT2D eigenvalue weighted by Crippen LogP contribution is 2.28. The van der Waals surface area contributed by atoms with E-state index in [9.17, 15) is 4.79 Å². The number of hydrogen-bond acceptors (Lipinski definition) is 9. The molecule has 1 amide bonds. The number of rotatable bonds is 9. The fraction of sp³-hybridized carbons (Fsp3) is 0.375. The van der Waals surface area contributed by atoms with Crippen LogP contribution in [0.3, 0.4) is 0 Å². The first-order chi connectivity index (χ1) is 13.1. The number of nitrogens with zero attached hydrogens (tertiary/aromatic N) is 5. The minimum Gasteiger partial charge on any atom is -0.462 e. The summed E-state index contributed by atoms with van der Waals surface area (Å²) in [5.41, 5.74) is 0.922. The van der Waals surface area contributed by atoms with Crippen LogP contribution in [0.25, 0.3) is 10.8 Å². The summed E-state index contributed by atoms with van der Waals surface area (Å²) in [5.74, 6) is 7.81. The number of thioether (sulfide) groups is 2. The molecule has 0 spiro atoms. The van der Waals surface area contributed by atoms with Crippen LogP contribution in [0.5, 0.6) is 0 Å². The maximum atomic E-state index is 12.1. The Hall–Kier alpha value is -1.98. The molecule has 0 atom stereocenters. The van der Waals surface area contributed by atoms with E-state index in [1.807, 2.05) is 31.4 Å². The molecule has 2 N–H and O–H groups in total. The van der Waals surface area contributed by atoms with E-state index in [4.69, 9.17) is 10.3 Å². The van der Waals surface area contributed by atoms with E-state index in [1.165, 1.54) is 39.5 Å². The summed E-state index contributed by atoms with van der Waals surface area (Å²) in [4.78, 5) is 18.4. The van der Waals surface area contributed by atoms with Gasteiger partial charge in [0.15, 0.2) is 10.8 Å². The Balaban J connectivity index is 1.55. The molecule has 0 aromatic carbocycles. The van der Waals surface area contributed by atoms with Gasteiger partial charge in [0.05, 0.1) is 17.7 Å². The van der Waals surface area contributed by atoms with Crippen molar-refractivity contribution in [1.29, 1.82) is 0 Å². The molecule has 0 fully saturated rings. The topological polar surface area (TPSA) is 103 Å². The maximum Gasteiger partial charge on any atom is 0.233 e. The third-order valence-corrected chi connectivity index (χ3v) is 6.52. The van der Waals surface area contributed by atoms with Crippen molar-refractivity contribution < 1.29 is 9.21 Å². The van der Waals surface area contributed by atoms with Crippen LogP contribution in [-0.2, 0) is 10.5 Å². The summed E-state index contributed by atoms with van der Waals surface area (Å²) in [6, 6.07) is 3.72. The van der Waals surface area contributed by atoms with Crippen molar-refractivity contribution in [1.82, 2.24) is 24.8 Å². The molecule has 27 heavy (non-hydrogen) atoms. The second-order valence-electron chi connectivity index (χ2n) is 5.40. The minimum atomic E-state index is 0.0649. The zero-order valence-electron chi connectivity index (χ0n) is 15.0. The third kappa shape index (κ3) is 4.85. The van der Waals surface area contributed by atoms with E-state index in [-0.39, 0.29) is 5.91 Å². The summed E-state index contributed by atoms with van der Waals surface area (Å²) in [6.45, 7) is 5.31. The molecular formula is C16H20N6O2S3. The van der Waals surface area contributed by atoms with Crippen LogP contribution in [0.2, 0.25) is 0 Å². The lowest BCUT2D eigenvalue weighted by atomic mass is 10.5. The number of carbonyl (C=O) groups excluding carboxylic acids is 1. The molecule has 0 saturated carbocycles. The largest absolute Gasteiger partial charge is 0.462 e. The van der Waals surface area contributed by atoms with E-state index >= 15 is 0 Å². The molecule has 3 aromatic rings. The normalized spacial score (nSPS) is 11.0. The smallest absolute Gasteiger partial charge is 0.233 e. The molecule has 11 heteroatoms. The van der Waals surface area contributed by atoms with Gasteiger partial charge in [-0.15, -0.1) is 21.5 Å². The first-order valence-electron chi connectivity index (χ1n) is 8.34. The van der Waals surface area contributed by atoms with Crippen LogP contribution < -0.4 is 5.84 Å². The molecule has 0 aliphatic rings. The average Bonchev–Trinajstić information content (AvgIpc) is 3.41. The van der Waals surface area contributed by atoms with Crippen molar-refractivity contribution in [3.8, 4) is 10.8 Å². The molecule has 3 rings (SSSR count). The van der Waals surface area contributed by atoms with E-state index < -0.39 is 0 Å². The third-order valence-electron chi connectivity index (χ3n) is 3.71. The van der Waals surface area contributed by atoms with Gasteiger partial charge >= 0.3 is 0 Å². The summed E-state index contributed by atoms with van der Waals surface area (Å²) in [5, 5.41) is 12.1. The van der Waals surface area contributed by atoms with E-state index in [1.54, 1.807) is 11.2 Å². The highest BCUT2D eigenvalue weighted by Gasteiger charge is 2.16. The van der Waals surface area contributed by atoms with E-state index in [0.717, 1.165) is 16.5 Å². The van der Waals surface area contributed by atoms with Gasteiger partial charge in [0.2, 0.25) is 16.2 Å². The van der Waals surface area contributed by atoms with Crippen molar-refractivity contribution in [3.63, 3.8) is 0 Å². The molecule has 0 unspecified atom stereocenters. The Morgan fingerprint density at radius 2 is 2.04 bits per heavy atom. The standard InChI is InChI=1S/C16H20N6O2S3/c1-3-21(4-2)13(23)10-27-16-20-19-15(22(16)17)26-9-11-8-25-14(18-11)12-6-5-7-24-12/h5-8H,3-4,9-10,17H2,1-2H3. The zero-order valence-corrected chi connectivity index (χ0v) is 17.4. The molecule has 8 nitrogen and oxygen atoms in total. The number of nitrogen functional groups attached to an aromatic ring is 1. The Morgan fingerprint density at radius 1 is 1.30 bits per heavy atom. The first-order valence-corrected chi connectivity index (χ1v) is 11.2. The van der Waals surface area contributed by atoms with Gasteiger partial charge in [-0.25, -0.2) is 9.66 Å². The van der Waals surface area contributed by atoms with Gasteiger partial charge in [-0.05, 0) is 26.0 Å². The summed E-state index contributed by atoms with van der Waals surface area (Å²) < 4.78 is 6.78. The molecule has 0 radical (unpaired) electrons. The molecule has 0 aliphatic heterocycles. The molecule has 0 bridgehead atoms. The van der Waals surface area contributed by atoms with Gasteiger partial charge in [0.25, 0.3) is 0 Å². The first kappa shape index (κ1) is 19.8. The van der Waals surface area contributed by atoms with Gasteiger partial charge in [-0.1, -0.05) is 23.5 Å². The SMILES string of the molecule is CCN(CC)C(=O)CSc1nnc(SCc2csc(-c3ccco3)n2)n1N. The van der Waals surface area contributed by atoms with Gasteiger partial charge in [0.1, 0.15) is 0 Å². The maximum absolute atomic E-state index is 12.1. The lowest BCUT2D eigenvalue weighted by Crippen LogP contribution is -2.32. The van der Waals surface area contributed by atoms with Crippen molar-refractivity contribution in [3.05, 3.63) is 29.5 Å². The van der Waals surface area contributed by atoms with Crippen molar-refractivity contribution in [2.45, 2.75) is 29.9 Å². The number of thiazole rings is 1. The van der Waals surface area contributed by atoms with Crippen LogP contribution in [0.1, 0.15) is 19.5 Å². The number of furan rings is 1. The molecule has 0 aliphatic carbocycles. The fourth-order valence-corrected chi connectivity index (χ4v) is 4.74. The summed E-state index contributed by atoms with van der Waals surface area (Å²) in [7, 11) is 0. The van der Waals surface area contributed by atoms with Crippen LogP contribution >= 0.6 is 34.9 Å². The minimum absolute atomic E-state index is 0.0649. The predicted octanol–water partition coefficient (Wildman–Crippen LogP) is 2.96. The van der Waals surface area contributed by atoms with Crippen molar-refractivity contribution >= 4 is 40.8 Å². The Kier molecular flexibility index (Phi) is 6.80. The van der Waals surface area contributed by atoms with Gasteiger partial charge in [0, 0.05) is 24.2 Å². The van der Waals surface area contributed by atoms with Gasteiger partial charge in [-0.2, -0.15) is 0 Å². The number of carbonyl (C=O) groups is 1. The van der Waals surface area contributed by atoms with Crippen molar-refractivity contribution in [2.75, 3.05) is 24.7 Å². The van der Waals surface area contributed by atoms with Crippen molar-refractivity contribution in [2.24, 2.45) is 0 Å². The lowest BCUT2D eigenvalue weighted by Gasteiger charge is -2.17. The molecule has 3 heterocycles. The van der Waals surface area contributed by atoms with Crippen LogP contribution in [-0.4, -0.2) is 49.5 Å². The highest BCUT2D eigenvalue weighted by molar-refractivity contribution is 8.00. The van der Waals surface area contributed by atoms with E-state index in [2.05, 4.69) is 15.2 Å². The molecule has 0 saturated heterocycles. The predicted molar refractivity (Wildman–Crippen MR) is 108 cm³/mol. The number of nitrogens with two attached hydrogens (primary N) is 1. The number of amides is 1. The molecule has 144 valence electrons. The monoisotopic (exact) mass is 424 g/mol. The lowest BCUT2D eigenvalue weighted by molar-refractivity contribution is -0.127. The number of hydrogen-bond donors (Lipinski definition) is 1. The van der Waals surface area contributed by atoms with Crippen LogP contribution in [0.4, 0.5) is 0 Å².